The van der Waals surface area contributed by atoms with E-state index < -0.39 is 38.5 Å². The Morgan fingerprint density at radius 3 is 2.38 bits per heavy atom. The van der Waals surface area contributed by atoms with Crippen LogP contribution < -0.4 is 0 Å². The van der Waals surface area contributed by atoms with Crippen LogP contribution in [-0.2, 0) is 25.7 Å². The number of nitrogens with zero attached hydrogens (tertiary/aromatic N) is 1. The summed E-state index contributed by atoms with van der Waals surface area (Å²) >= 11 is 5.80. The number of hydrogen-bond donors (Lipinski definition) is 0. The molecule has 1 aromatic rings. The highest BCUT2D eigenvalue weighted by Crippen LogP contribution is 2.35. The Balaban J connectivity index is 2.27. The van der Waals surface area contributed by atoms with Crippen LogP contribution in [0.2, 0.25) is 5.02 Å². The van der Waals surface area contributed by atoms with Crippen molar-refractivity contribution >= 4 is 27.6 Å². The topological polar surface area (TPSA) is 63.7 Å². The van der Waals surface area contributed by atoms with Gasteiger partial charge in [-0.3, -0.25) is 4.79 Å². The fourth-order valence-electron chi connectivity index (χ4n) is 2.51. The number of alkyl halides is 3. The van der Waals surface area contributed by atoms with E-state index in [1.165, 1.54) is 7.11 Å². The van der Waals surface area contributed by atoms with Gasteiger partial charge in [-0.25, -0.2) is 8.42 Å². The number of sulfonamides is 1. The summed E-state index contributed by atoms with van der Waals surface area (Å²) in [7, 11) is -2.94. The lowest BCUT2D eigenvalue weighted by molar-refractivity contribution is -0.146. The van der Waals surface area contributed by atoms with E-state index >= 15 is 0 Å². The molecule has 0 aliphatic carbocycles. The number of carbonyl (C=O) groups is 1. The first-order chi connectivity index (χ1) is 11.1. The van der Waals surface area contributed by atoms with E-state index in [1.54, 1.807) is 0 Å². The first kappa shape index (κ1) is 19.0. The minimum absolute atomic E-state index is 0.00861. The van der Waals surface area contributed by atoms with E-state index in [9.17, 15) is 26.4 Å². The van der Waals surface area contributed by atoms with Crippen LogP contribution in [0.1, 0.15) is 18.4 Å². The van der Waals surface area contributed by atoms with Gasteiger partial charge in [-0.1, -0.05) is 11.6 Å². The van der Waals surface area contributed by atoms with Crippen molar-refractivity contribution in [2.75, 3.05) is 20.2 Å². The van der Waals surface area contributed by atoms with Crippen molar-refractivity contribution in [2.45, 2.75) is 23.9 Å². The molecule has 0 aromatic heterocycles. The maximum atomic E-state index is 12.8. The molecule has 10 heteroatoms. The molecule has 2 rings (SSSR count). The number of halogens is 4. The second kappa shape index (κ2) is 6.89. The minimum Gasteiger partial charge on any atom is -0.469 e. The molecule has 0 spiro atoms. The zero-order chi connectivity index (χ0) is 18.1. The average molecular weight is 386 g/mol. The van der Waals surface area contributed by atoms with Gasteiger partial charge in [-0.2, -0.15) is 17.5 Å². The summed E-state index contributed by atoms with van der Waals surface area (Å²) in [4.78, 5) is 10.9. The maximum absolute atomic E-state index is 12.8. The third kappa shape index (κ3) is 3.84. The molecule has 1 aliphatic heterocycles. The summed E-state index contributed by atoms with van der Waals surface area (Å²) in [6.45, 7) is 0.0172. The van der Waals surface area contributed by atoms with Gasteiger partial charge in [0.05, 0.1) is 23.6 Å². The molecule has 5 nitrogen and oxygen atoms in total. The summed E-state index contributed by atoms with van der Waals surface area (Å²) in [5, 5.41) is -0.280. The van der Waals surface area contributed by atoms with Crippen LogP contribution in [0.4, 0.5) is 13.2 Å². The molecule has 1 aliphatic rings. The van der Waals surface area contributed by atoms with Gasteiger partial charge in [0, 0.05) is 13.1 Å². The molecule has 24 heavy (non-hydrogen) atoms. The number of methoxy groups -OCH3 is 1. The van der Waals surface area contributed by atoms with E-state index in [4.69, 9.17) is 11.6 Å². The minimum atomic E-state index is -4.67. The van der Waals surface area contributed by atoms with Crippen LogP contribution in [0.5, 0.6) is 0 Å². The molecule has 1 heterocycles. The third-order valence-electron chi connectivity index (χ3n) is 3.86. The van der Waals surface area contributed by atoms with Gasteiger partial charge in [0.1, 0.15) is 4.90 Å². The van der Waals surface area contributed by atoms with Crippen molar-refractivity contribution in [3.63, 3.8) is 0 Å². The highest BCUT2D eigenvalue weighted by molar-refractivity contribution is 7.89. The number of carbonyl (C=O) groups excluding carboxylic acids is 1. The largest absolute Gasteiger partial charge is 0.469 e. The number of benzene rings is 1. The molecule has 0 saturated carbocycles. The van der Waals surface area contributed by atoms with Crippen LogP contribution in [-0.4, -0.2) is 38.9 Å². The summed E-state index contributed by atoms with van der Waals surface area (Å²) in [6, 6.07) is 2.17. The highest BCUT2D eigenvalue weighted by atomic mass is 35.5. The van der Waals surface area contributed by atoms with Crippen LogP contribution in [0.15, 0.2) is 23.1 Å². The van der Waals surface area contributed by atoms with Crippen molar-refractivity contribution in [3.8, 4) is 0 Å². The molecule has 0 amide bonds. The Morgan fingerprint density at radius 1 is 1.29 bits per heavy atom. The summed E-state index contributed by atoms with van der Waals surface area (Å²) in [5.74, 6) is -0.845. The van der Waals surface area contributed by atoms with Gasteiger partial charge in [0.15, 0.2) is 0 Å². The highest BCUT2D eigenvalue weighted by Gasteiger charge is 2.36. The number of ether oxygens (including phenoxy) is 1. The van der Waals surface area contributed by atoms with E-state index in [2.05, 4.69) is 4.74 Å². The molecule has 134 valence electrons. The van der Waals surface area contributed by atoms with Crippen LogP contribution in [0, 0.1) is 5.92 Å². The molecular formula is C14H15ClF3NO4S. The molecule has 1 aromatic carbocycles. The molecule has 0 atom stereocenters. The SMILES string of the molecule is COC(=O)C1CCN(S(=O)(=O)c2cc(C(F)(F)F)ccc2Cl)CC1. The number of esters is 1. The van der Waals surface area contributed by atoms with Gasteiger partial charge in [-0.05, 0) is 31.0 Å². The van der Waals surface area contributed by atoms with E-state index in [-0.39, 0.29) is 31.0 Å². The Bertz CT molecular complexity index is 728. The summed E-state index contributed by atoms with van der Waals surface area (Å²) in [5.41, 5.74) is -1.09. The molecular weight excluding hydrogens is 371 g/mol. The van der Waals surface area contributed by atoms with E-state index in [1.807, 2.05) is 0 Å². The standard InChI is InChI=1S/C14H15ClF3NO4S/c1-23-13(20)9-4-6-19(7-5-9)24(21,22)12-8-10(14(16,17)18)2-3-11(12)15/h2-3,8-9H,4-7H2,1H3. The smallest absolute Gasteiger partial charge is 0.416 e. The predicted octanol–water partition coefficient (Wildman–Crippen LogP) is 2.93. The lowest BCUT2D eigenvalue weighted by Crippen LogP contribution is -2.40. The van der Waals surface area contributed by atoms with Crippen molar-refractivity contribution < 1.29 is 31.1 Å². The fourth-order valence-corrected chi connectivity index (χ4v) is 4.49. The normalized spacial score (nSPS) is 17.7. The zero-order valence-corrected chi connectivity index (χ0v) is 14.2. The lowest BCUT2D eigenvalue weighted by atomic mass is 9.99. The molecule has 1 fully saturated rings. The van der Waals surface area contributed by atoms with E-state index in [0.29, 0.717) is 6.07 Å². The van der Waals surface area contributed by atoms with Gasteiger partial charge in [0.25, 0.3) is 0 Å². The first-order valence-electron chi connectivity index (χ1n) is 7.02. The molecule has 0 N–H and O–H groups in total. The van der Waals surface area contributed by atoms with Crippen LogP contribution in [0.3, 0.4) is 0 Å². The fraction of sp³-hybridized carbons (Fsp3) is 0.500. The van der Waals surface area contributed by atoms with Crippen molar-refractivity contribution in [1.29, 1.82) is 0 Å². The number of hydrogen-bond acceptors (Lipinski definition) is 4. The van der Waals surface area contributed by atoms with Gasteiger partial charge < -0.3 is 4.74 Å². The first-order valence-corrected chi connectivity index (χ1v) is 8.84. The zero-order valence-electron chi connectivity index (χ0n) is 12.6. The van der Waals surface area contributed by atoms with Gasteiger partial charge >= 0.3 is 12.1 Å². The molecule has 0 radical (unpaired) electrons. The van der Waals surface area contributed by atoms with Crippen molar-refractivity contribution in [1.82, 2.24) is 4.31 Å². The quantitative estimate of drug-likeness (QED) is 0.750. The molecule has 0 bridgehead atoms. The van der Waals surface area contributed by atoms with Crippen molar-refractivity contribution in [3.05, 3.63) is 28.8 Å². The molecule has 1 saturated heterocycles. The third-order valence-corrected chi connectivity index (χ3v) is 6.25. The molecule has 0 unspecified atom stereocenters. The Hall–Kier alpha value is -1.32. The van der Waals surface area contributed by atoms with Gasteiger partial charge in [0.2, 0.25) is 10.0 Å². The van der Waals surface area contributed by atoms with Crippen LogP contribution in [0.25, 0.3) is 0 Å². The summed E-state index contributed by atoms with van der Waals surface area (Å²) < 4.78 is 69.3. The Kier molecular flexibility index (Phi) is 5.46. The summed E-state index contributed by atoms with van der Waals surface area (Å²) in [6.07, 6.45) is -4.20. The lowest BCUT2D eigenvalue weighted by Gasteiger charge is -2.30. The van der Waals surface area contributed by atoms with E-state index in [0.717, 1.165) is 16.4 Å². The number of piperidine rings is 1. The Morgan fingerprint density at radius 2 is 1.88 bits per heavy atom. The second-order valence-electron chi connectivity index (χ2n) is 5.34. The monoisotopic (exact) mass is 385 g/mol. The van der Waals surface area contributed by atoms with Gasteiger partial charge in [-0.15, -0.1) is 0 Å². The predicted molar refractivity (Wildman–Crippen MR) is 80.0 cm³/mol. The second-order valence-corrected chi connectivity index (χ2v) is 7.66. The average Bonchev–Trinajstić information content (AvgIpc) is 2.53. The Labute approximate surface area is 142 Å². The number of rotatable bonds is 3. The maximum Gasteiger partial charge on any atom is 0.416 e. The van der Waals surface area contributed by atoms with Crippen LogP contribution >= 0.6 is 11.6 Å². The van der Waals surface area contributed by atoms with Crippen molar-refractivity contribution in [2.24, 2.45) is 5.92 Å².